The van der Waals surface area contributed by atoms with Crippen molar-refractivity contribution in [1.29, 1.82) is 0 Å². The van der Waals surface area contributed by atoms with Crippen LogP contribution in [0.25, 0.3) is 21.9 Å². The van der Waals surface area contributed by atoms with Gasteiger partial charge < -0.3 is 0 Å². The quantitative estimate of drug-likeness (QED) is 0.331. The summed E-state index contributed by atoms with van der Waals surface area (Å²) in [5, 5.41) is 1.65. The topological polar surface area (TPSA) is 0 Å². The Balaban J connectivity index is 2.28. The highest BCUT2D eigenvalue weighted by molar-refractivity contribution is 5.87. The lowest BCUT2D eigenvalue weighted by atomic mass is 10.00. The number of hydrogen-bond acceptors (Lipinski definition) is 0. The molecule has 0 N–H and O–H groups in total. The first kappa shape index (κ1) is 12.7. The van der Waals surface area contributed by atoms with E-state index in [0.29, 0.717) is 6.07 Å². The Morgan fingerprint density at radius 3 is 2.05 bits per heavy atom. The molecule has 20 heavy (non-hydrogen) atoms. The number of hydrogen-bond donors (Lipinski definition) is 0. The number of fused-ring (bicyclic) bond motifs is 1. The molecule has 0 unspecified atom stereocenters. The normalized spacial score (nSPS) is 11.0. The first-order valence-electron chi connectivity index (χ1n) is 5.90. The monoisotopic (exact) mass is 276 g/mol. The molecule has 0 saturated carbocycles. The van der Waals surface area contributed by atoms with E-state index in [2.05, 4.69) is 0 Å². The summed E-state index contributed by atoms with van der Waals surface area (Å²) in [6.45, 7) is 0. The molecule has 0 radical (unpaired) electrons. The van der Waals surface area contributed by atoms with Gasteiger partial charge >= 0.3 is 0 Å². The SMILES string of the molecule is Fc1cc(F)c(-c2ccc3ccccc3c2)c(F)c1F. The molecule has 3 aromatic rings. The van der Waals surface area contributed by atoms with Crippen molar-refractivity contribution in [3.63, 3.8) is 0 Å². The van der Waals surface area contributed by atoms with E-state index in [1.54, 1.807) is 18.2 Å². The van der Waals surface area contributed by atoms with E-state index in [9.17, 15) is 17.6 Å². The minimum Gasteiger partial charge on any atom is -0.206 e. The van der Waals surface area contributed by atoms with Gasteiger partial charge in [0, 0.05) is 6.07 Å². The van der Waals surface area contributed by atoms with E-state index in [4.69, 9.17) is 0 Å². The number of rotatable bonds is 1. The summed E-state index contributed by atoms with van der Waals surface area (Å²) in [6.07, 6.45) is 0. The average molecular weight is 276 g/mol. The summed E-state index contributed by atoms with van der Waals surface area (Å²) < 4.78 is 53.7. The lowest BCUT2D eigenvalue weighted by Crippen LogP contribution is -1.98. The smallest absolute Gasteiger partial charge is 0.195 e. The largest absolute Gasteiger partial charge is 0.206 e. The maximum absolute atomic E-state index is 13.8. The Labute approximate surface area is 112 Å². The average Bonchev–Trinajstić information content (AvgIpc) is 2.45. The van der Waals surface area contributed by atoms with E-state index >= 15 is 0 Å². The molecule has 0 bridgehead atoms. The van der Waals surface area contributed by atoms with Crippen molar-refractivity contribution < 1.29 is 17.6 Å². The molecule has 0 spiro atoms. The molecular formula is C16H8F4. The van der Waals surface area contributed by atoms with Gasteiger partial charge in [0.1, 0.15) is 5.82 Å². The third-order valence-corrected chi connectivity index (χ3v) is 3.15. The fraction of sp³-hybridized carbons (Fsp3) is 0. The summed E-state index contributed by atoms with van der Waals surface area (Å²) in [6, 6.07) is 12.3. The molecule has 0 heterocycles. The minimum absolute atomic E-state index is 0.164. The van der Waals surface area contributed by atoms with Gasteiger partial charge in [0.15, 0.2) is 17.5 Å². The van der Waals surface area contributed by atoms with Crippen LogP contribution < -0.4 is 0 Å². The highest BCUT2D eigenvalue weighted by Gasteiger charge is 2.20. The van der Waals surface area contributed by atoms with Gasteiger partial charge in [0.2, 0.25) is 0 Å². The molecule has 0 aliphatic heterocycles. The first-order chi connectivity index (χ1) is 9.58. The van der Waals surface area contributed by atoms with Crippen molar-refractivity contribution in [3.8, 4) is 11.1 Å². The van der Waals surface area contributed by atoms with Gasteiger partial charge in [-0.25, -0.2) is 17.6 Å². The molecule has 0 aliphatic rings. The molecule has 0 amide bonds. The van der Waals surface area contributed by atoms with Crippen molar-refractivity contribution >= 4 is 10.8 Å². The van der Waals surface area contributed by atoms with E-state index in [1.165, 1.54) is 12.1 Å². The Morgan fingerprint density at radius 2 is 1.30 bits per heavy atom. The highest BCUT2D eigenvalue weighted by atomic mass is 19.2. The second-order valence-corrected chi connectivity index (χ2v) is 4.41. The van der Waals surface area contributed by atoms with Crippen LogP contribution in [0.5, 0.6) is 0 Å². The van der Waals surface area contributed by atoms with Gasteiger partial charge in [-0.05, 0) is 22.4 Å². The van der Waals surface area contributed by atoms with Crippen LogP contribution in [0.1, 0.15) is 0 Å². The second kappa shape index (κ2) is 4.63. The Morgan fingerprint density at radius 1 is 0.600 bits per heavy atom. The van der Waals surface area contributed by atoms with E-state index in [-0.39, 0.29) is 5.56 Å². The molecule has 100 valence electrons. The van der Waals surface area contributed by atoms with Gasteiger partial charge in [-0.1, -0.05) is 36.4 Å². The van der Waals surface area contributed by atoms with Gasteiger partial charge in [0.05, 0.1) is 5.56 Å². The molecule has 0 aromatic heterocycles. The van der Waals surface area contributed by atoms with Crippen LogP contribution >= 0.6 is 0 Å². The van der Waals surface area contributed by atoms with Gasteiger partial charge in [-0.2, -0.15) is 0 Å². The zero-order valence-corrected chi connectivity index (χ0v) is 10.1. The molecule has 0 saturated heterocycles. The summed E-state index contributed by atoms with van der Waals surface area (Å²) in [5.41, 5.74) is -0.396. The van der Waals surface area contributed by atoms with E-state index < -0.39 is 28.8 Å². The molecule has 3 rings (SSSR count). The van der Waals surface area contributed by atoms with Crippen molar-refractivity contribution in [2.75, 3.05) is 0 Å². The summed E-state index contributed by atoms with van der Waals surface area (Å²) in [5.74, 6) is -5.85. The predicted octanol–water partition coefficient (Wildman–Crippen LogP) is 5.06. The van der Waals surface area contributed by atoms with Crippen LogP contribution in [0, 0.1) is 23.3 Å². The van der Waals surface area contributed by atoms with Crippen LogP contribution in [0.15, 0.2) is 48.5 Å². The van der Waals surface area contributed by atoms with Crippen LogP contribution in [-0.4, -0.2) is 0 Å². The second-order valence-electron chi connectivity index (χ2n) is 4.41. The molecular weight excluding hydrogens is 268 g/mol. The van der Waals surface area contributed by atoms with Gasteiger partial charge in [0.25, 0.3) is 0 Å². The third-order valence-electron chi connectivity index (χ3n) is 3.15. The Hall–Kier alpha value is -2.36. The number of benzene rings is 3. The predicted molar refractivity (Wildman–Crippen MR) is 69.2 cm³/mol. The lowest BCUT2D eigenvalue weighted by molar-refractivity contribution is 0.437. The summed E-state index contributed by atoms with van der Waals surface area (Å²) in [4.78, 5) is 0. The maximum atomic E-state index is 13.8. The van der Waals surface area contributed by atoms with E-state index in [0.717, 1.165) is 10.8 Å². The number of halogens is 4. The van der Waals surface area contributed by atoms with Gasteiger partial charge in [-0.15, -0.1) is 0 Å². The van der Waals surface area contributed by atoms with Gasteiger partial charge in [-0.3, -0.25) is 0 Å². The fourth-order valence-corrected chi connectivity index (χ4v) is 2.18. The molecule has 4 heteroatoms. The molecule has 0 aliphatic carbocycles. The zero-order valence-electron chi connectivity index (χ0n) is 10.1. The first-order valence-corrected chi connectivity index (χ1v) is 5.90. The summed E-state index contributed by atoms with van der Waals surface area (Å²) >= 11 is 0. The molecule has 0 fully saturated rings. The van der Waals surface area contributed by atoms with Crippen molar-refractivity contribution in [2.24, 2.45) is 0 Å². The molecule has 0 atom stereocenters. The van der Waals surface area contributed by atoms with Crippen molar-refractivity contribution in [2.45, 2.75) is 0 Å². The molecule has 0 nitrogen and oxygen atoms in total. The van der Waals surface area contributed by atoms with Crippen LogP contribution in [0.4, 0.5) is 17.6 Å². The van der Waals surface area contributed by atoms with E-state index in [1.807, 2.05) is 12.1 Å². The van der Waals surface area contributed by atoms with Crippen LogP contribution in [0.2, 0.25) is 0 Å². The zero-order chi connectivity index (χ0) is 14.3. The Bertz CT molecular complexity index is 809. The fourth-order valence-electron chi connectivity index (χ4n) is 2.18. The Kier molecular flexibility index (Phi) is 2.93. The highest BCUT2D eigenvalue weighted by Crippen LogP contribution is 2.31. The van der Waals surface area contributed by atoms with Crippen LogP contribution in [0.3, 0.4) is 0 Å². The third kappa shape index (κ3) is 1.93. The standard InChI is InChI=1S/C16H8F4/c17-12-8-13(18)15(19)16(20)14(12)11-6-5-9-3-1-2-4-10(9)7-11/h1-8H. The minimum atomic E-state index is -1.67. The van der Waals surface area contributed by atoms with Crippen LogP contribution in [-0.2, 0) is 0 Å². The van der Waals surface area contributed by atoms with Crippen molar-refractivity contribution in [1.82, 2.24) is 0 Å². The lowest BCUT2D eigenvalue weighted by Gasteiger charge is -2.08. The van der Waals surface area contributed by atoms with Crippen molar-refractivity contribution in [3.05, 3.63) is 71.8 Å². The molecule has 3 aromatic carbocycles. The maximum Gasteiger partial charge on any atom is 0.195 e. The summed E-state index contributed by atoms with van der Waals surface area (Å²) in [7, 11) is 0.